The molecule has 0 saturated heterocycles. The molecule has 0 unspecified atom stereocenters. The normalized spacial score (nSPS) is 9.47. The standard InChI is InChI=1S/C10H14N2O3/c1-14-9-4-7(11)3-8(5-9)12-6-10(13)15-2/h3-5,12H,6,11H2,1-2H3. The van der Waals surface area contributed by atoms with E-state index in [0.717, 1.165) is 5.69 Å². The third kappa shape index (κ3) is 3.38. The van der Waals surface area contributed by atoms with Gasteiger partial charge in [-0.2, -0.15) is 0 Å². The number of nitrogens with one attached hydrogen (secondary N) is 1. The summed E-state index contributed by atoms with van der Waals surface area (Å²) in [4.78, 5) is 10.9. The number of nitrogens with two attached hydrogens (primary N) is 1. The van der Waals surface area contributed by atoms with Gasteiger partial charge in [0, 0.05) is 23.5 Å². The molecule has 0 amide bonds. The minimum Gasteiger partial charge on any atom is -0.497 e. The average Bonchev–Trinajstić information content (AvgIpc) is 2.25. The number of hydrogen-bond donors (Lipinski definition) is 2. The van der Waals surface area contributed by atoms with Gasteiger partial charge in [-0.15, -0.1) is 0 Å². The van der Waals surface area contributed by atoms with Crippen LogP contribution in [0.1, 0.15) is 0 Å². The van der Waals surface area contributed by atoms with Crippen molar-refractivity contribution in [2.24, 2.45) is 0 Å². The summed E-state index contributed by atoms with van der Waals surface area (Å²) in [6, 6.07) is 5.16. The van der Waals surface area contributed by atoms with Gasteiger partial charge in [-0.1, -0.05) is 0 Å². The van der Waals surface area contributed by atoms with Crippen molar-refractivity contribution >= 4 is 17.3 Å². The van der Waals surface area contributed by atoms with Gasteiger partial charge in [0.05, 0.1) is 14.2 Å². The predicted molar refractivity (Wildman–Crippen MR) is 57.9 cm³/mol. The van der Waals surface area contributed by atoms with Crippen LogP contribution in [0, 0.1) is 0 Å². The lowest BCUT2D eigenvalue weighted by atomic mass is 10.2. The molecule has 0 heterocycles. The van der Waals surface area contributed by atoms with Gasteiger partial charge in [0.15, 0.2) is 0 Å². The zero-order valence-electron chi connectivity index (χ0n) is 8.74. The van der Waals surface area contributed by atoms with Crippen LogP contribution in [-0.4, -0.2) is 26.7 Å². The molecule has 0 radical (unpaired) electrons. The van der Waals surface area contributed by atoms with E-state index in [1.807, 2.05) is 0 Å². The van der Waals surface area contributed by atoms with Crippen LogP contribution in [0.15, 0.2) is 18.2 Å². The van der Waals surface area contributed by atoms with Crippen LogP contribution in [-0.2, 0) is 9.53 Å². The summed E-state index contributed by atoms with van der Waals surface area (Å²) in [7, 11) is 2.89. The molecule has 0 fully saturated rings. The minimum atomic E-state index is -0.337. The van der Waals surface area contributed by atoms with Crippen molar-refractivity contribution < 1.29 is 14.3 Å². The molecule has 0 aliphatic rings. The first-order valence-corrected chi connectivity index (χ1v) is 4.41. The monoisotopic (exact) mass is 210 g/mol. The van der Waals surface area contributed by atoms with Gasteiger partial charge in [-0.05, 0) is 6.07 Å². The summed E-state index contributed by atoms with van der Waals surface area (Å²) < 4.78 is 9.53. The predicted octanol–water partition coefficient (Wildman–Crippen LogP) is 0.862. The summed E-state index contributed by atoms with van der Waals surface area (Å²) in [6.07, 6.45) is 0. The second-order valence-electron chi connectivity index (χ2n) is 2.92. The van der Waals surface area contributed by atoms with E-state index >= 15 is 0 Å². The lowest BCUT2D eigenvalue weighted by Gasteiger charge is -2.08. The number of hydrogen-bond acceptors (Lipinski definition) is 5. The van der Waals surface area contributed by atoms with E-state index in [1.165, 1.54) is 7.11 Å². The topological polar surface area (TPSA) is 73.6 Å². The molecule has 5 nitrogen and oxygen atoms in total. The number of esters is 1. The van der Waals surface area contributed by atoms with Crippen molar-refractivity contribution in [1.29, 1.82) is 0 Å². The Morgan fingerprint density at radius 2 is 2.13 bits per heavy atom. The Morgan fingerprint density at radius 3 is 2.73 bits per heavy atom. The molecule has 1 aromatic carbocycles. The van der Waals surface area contributed by atoms with Gasteiger partial charge in [0.25, 0.3) is 0 Å². The average molecular weight is 210 g/mol. The first-order chi connectivity index (χ1) is 7.15. The fourth-order valence-corrected chi connectivity index (χ4v) is 1.09. The van der Waals surface area contributed by atoms with E-state index in [-0.39, 0.29) is 12.5 Å². The summed E-state index contributed by atoms with van der Waals surface area (Å²) in [5.41, 5.74) is 6.93. The van der Waals surface area contributed by atoms with Crippen LogP contribution in [0.5, 0.6) is 5.75 Å². The van der Waals surface area contributed by atoms with Crippen molar-refractivity contribution in [3.05, 3.63) is 18.2 Å². The molecular formula is C10H14N2O3. The molecule has 82 valence electrons. The third-order valence-electron chi connectivity index (χ3n) is 1.83. The van der Waals surface area contributed by atoms with E-state index in [0.29, 0.717) is 11.4 Å². The van der Waals surface area contributed by atoms with Crippen molar-refractivity contribution in [3.63, 3.8) is 0 Å². The maximum absolute atomic E-state index is 10.9. The summed E-state index contributed by atoms with van der Waals surface area (Å²) in [5, 5.41) is 2.88. The maximum Gasteiger partial charge on any atom is 0.325 e. The zero-order chi connectivity index (χ0) is 11.3. The van der Waals surface area contributed by atoms with Gasteiger partial charge in [-0.3, -0.25) is 4.79 Å². The summed E-state index contributed by atoms with van der Waals surface area (Å²) >= 11 is 0. The second-order valence-corrected chi connectivity index (χ2v) is 2.92. The highest BCUT2D eigenvalue weighted by atomic mass is 16.5. The van der Waals surface area contributed by atoms with Crippen LogP contribution < -0.4 is 15.8 Å². The zero-order valence-corrected chi connectivity index (χ0v) is 8.74. The quantitative estimate of drug-likeness (QED) is 0.569. The number of benzene rings is 1. The molecule has 1 aromatic rings. The molecule has 0 spiro atoms. The molecular weight excluding hydrogens is 196 g/mol. The van der Waals surface area contributed by atoms with Crippen LogP contribution >= 0.6 is 0 Å². The van der Waals surface area contributed by atoms with E-state index in [2.05, 4.69) is 10.1 Å². The second kappa shape index (κ2) is 5.09. The molecule has 0 aromatic heterocycles. The fraction of sp³-hybridized carbons (Fsp3) is 0.300. The van der Waals surface area contributed by atoms with Gasteiger partial charge >= 0.3 is 5.97 Å². The van der Waals surface area contributed by atoms with Gasteiger partial charge < -0.3 is 20.5 Å². The molecule has 0 aliphatic heterocycles. The highest BCUT2D eigenvalue weighted by Gasteiger charge is 2.02. The Morgan fingerprint density at radius 1 is 1.40 bits per heavy atom. The smallest absolute Gasteiger partial charge is 0.325 e. The summed E-state index contributed by atoms with van der Waals surface area (Å²) in [5.74, 6) is 0.304. The van der Waals surface area contributed by atoms with Crippen molar-refractivity contribution in [3.8, 4) is 5.75 Å². The first-order valence-electron chi connectivity index (χ1n) is 4.41. The number of anilines is 2. The molecule has 15 heavy (non-hydrogen) atoms. The van der Waals surface area contributed by atoms with E-state index in [9.17, 15) is 4.79 Å². The molecule has 3 N–H and O–H groups in total. The fourth-order valence-electron chi connectivity index (χ4n) is 1.09. The highest BCUT2D eigenvalue weighted by Crippen LogP contribution is 2.21. The van der Waals surface area contributed by atoms with Crippen LogP contribution in [0.2, 0.25) is 0 Å². The highest BCUT2D eigenvalue weighted by molar-refractivity contribution is 5.75. The Balaban J connectivity index is 2.68. The Kier molecular flexibility index (Phi) is 3.79. The lowest BCUT2D eigenvalue weighted by molar-refractivity contribution is -0.138. The maximum atomic E-state index is 10.9. The molecule has 0 bridgehead atoms. The first kappa shape index (κ1) is 11.2. The largest absolute Gasteiger partial charge is 0.497 e. The van der Waals surface area contributed by atoms with Gasteiger partial charge in [0.2, 0.25) is 0 Å². The Hall–Kier alpha value is -1.91. The SMILES string of the molecule is COC(=O)CNc1cc(N)cc(OC)c1. The molecule has 0 atom stereocenters. The number of carbonyl (C=O) groups is 1. The Bertz CT molecular complexity index is 353. The van der Waals surface area contributed by atoms with Crippen LogP contribution in [0.4, 0.5) is 11.4 Å². The lowest BCUT2D eigenvalue weighted by Crippen LogP contribution is -2.15. The van der Waals surface area contributed by atoms with Crippen LogP contribution in [0.3, 0.4) is 0 Å². The van der Waals surface area contributed by atoms with Crippen molar-refractivity contribution in [2.45, 2.75) is 0 Å². The summed E-state index contributed by atoms with van der Waals surface area (Å²) in [6.45, 7) is 0.100. The van der Waals surface area contributed by atoms with Gasteiger partial charge in [0.1, 0.15) is 12.3 Å². The number of nitrogen functional groups attached to an aromatic ring is 1. The van der Waals surface area contributed by atoms with Crippen molar-refractivity contribution in [1.82, 2.24) is 0 Å². The van der Waals surface area contributed by atoms with Crippen LogP contribution in [0.25, 0.3) is 0 Å². The molecule has 1 rings (SSSR count). The molecule has 0 aliphatic carbocycles. The van der Waals surface area contributed by atoms with E-state index < -0.39 is 0 Å². The number of rotatable bonds is 4. The third-order valence-corrected chi connectivity index (χ3v) is 1.83. The Labute approximate surface area is 88.2 Å². The minimum absolute atomic E-state index is 0.100. The van der Waals surface area contributed by atoms with E-state index in [1.54, 1.807) is 25.3 Å². The van der Waals surface area contributed by atoms with Gasteiger partial charge in [-0.25, -0.2) is 0 Å². The number of methoxy groups -OCH3 is 2. The number of ether oxygens (including phenoxy) is 2. The number of carbonyl (C=O) groups excluding carboxylic acids is 1. The van der Waals surface area contributed by atoms with Crippen molar-refractivity contribution in [2.75, 3.05) is 31.8 Å². The molecule has 0 saturated carbocycles. The molecule has 5 heteroatoms. The van der Waals surface area contributed by atoms with E-state index in [4.69, 9.17) is 10.5 Å².